The van der Waals surface area contributed by atoms with Gasteiger partial charge in [-0.15, -0.1) is 0 Å². The fourth-order valence-corrected chi connectivity index (χ4v) is 2.35. The lowest BCUT2D eigenvalue weighted by Crippen LogP contribution is -2.24. The van der Waals surface area contributed by atoms with E-state index in [0.717, 1.165) is 17.9 Å². The molecule has 82 valence electrons. The topological polar surface area (TPSA) is 29.9 Å². The zero-order chi connectivity index (χ0) is 10.4. The molecule has 2 aliphatic rings. The Kier molecular flexibility index (Phi) is 2.01. The number of anilines is 1. The Morgan fingerprint density at radius 2 is 1.93 bits per heavy atom. The second-order valence-corrected chi connectivity index (χ2v) is 5.11. The summed E-state index contributed by atoms with van der Waals surface area (Å²) in [5.41, 5.74) is 2.49. The van der Waals surface area contributed by atoms with Gasteiger partial charge in [-0.3, -0.25) is 4.68 Å². The van der Waals surface area contributed by atoms with Crippen molar-refractivity contribution in [1.29, 1.82) is 0 Å². The van der Waals surface area contributed by atoms with Crippen LogP contribution in [0.5, 0.6) is 0 Å². The molecule has 0 amide bonds. The van der Waals surface area contributed by atoms with Crippen LogP contribution in [0.25, 0.3) is 0 Å². The first kappa shape index (κ1) is 9.25. The minimum Gasteiger partial charge on any atom is -0.379 e. The predicted octanol–water partition coefficient (Wildman–Crippen LogP) is 2.33. The smallest absolute Gasteiger partial charge is 0.0758 e. The van der Waals surface area contributed by atoms with Gasteiger partial charge >= 0.3 is 0 Å². The van der Waals surface area contributed by atoms with Crippen molar-refractivity contribution in [3.63, 3.8) is 0 Å². The van der Waals surface area contributed by atoms with E-state index in [2.05, 4.69) is 17.3 Å². The van der Waals surface area contributed by atoms with E-state index >= 15 is 0 Å². The van der Waals surface area contributed by atoms with Crippen molar-refractivity contribution in [3.05, 3.63) is 11.9 Å². The lowest BCUT2D eigenvalue weighted by Gasteiger charge is -2.18. The van der Waals surface area contributed by atoms with E-state index in [1.165, 1.54) is 37.1 Å². The summed E-state index contributed by atoms with van der Waals surface area (Å²) in [6.07, 6.45) is 7.66. The van der Waals surface area contributed by atoms with Gasteiger partial charge in [0.1, 0.15) is 0 Å². The molecule has 3 rings (SSSR count). The first-order valence-electron chi connectivity index (χ1n) is 6.01. The van der Waals surface area contributed by atoms with Gasteiger partial charge < -0.3 is 5.32 Å². The van der Waals surface area contributed by atoms with Crippen molar-refractivity contribution in [2.24, 2.45) is 18.9 Å². The summed E-state index contributed by atoms with van der Waals surface area (Å²) in [6.45, 7) is 2.13. The van der Waals surface area contributed by atoms with Crippen molar-refractivity contribution >= 4 is 5.69 Å². The maximum absolute atomic E-state index is 4.28. The molecule has 1 aromatic rings. The first-order chi connectivity index (χ1) is 7.25. The summed E-state index contributed by atoms with van der Waals surface area (Å²) in [7, 11) is 2.00. The Morgan fingerprint density at radius 3 is 2.33 bits per heavy atom. The average molecular weight is 205 g/mol. The molecule has 15 heavy (non-hydrogen) atoms. The summed E-state index contributed by atoms with van der Waals surface area (Å²) < 4.78 is 1.94. The third-order valence-electron chi connectivity index (χ3n) is 3.82. The largest absolute Gasteiger partial charge is 0.379 e. The van der Waals surface area contributed by atoms with Crippen LogP contribution in [-0.4, -0.2) is 15.8 Å². The average Bonchev–Trinajstić information content (AvgIpc) is 3.11. The summed E-state index contributed by atoms with van der Waals surface area (Å²) in [5, 5.41) is 7.99. The fraction of sp³-hybridized carbons (Fsp3) is 0.750. The molecule has 3 nitrogen and oxygen atoms in total. The van der Waals surface area contributed by atoms with Crippen LogP contribution in [0.3, 0.4) is 0 Å². The quantitative estimate of drug-likeness (QED) is 0.817. The monoisotopic (exact) mass is 205 g/mol. The van der Waals surface area contributed by atoms with E-state index in [1.54, 1.807) is 0 Å². The third kappa shape index (κ3) is 1.75. The highest BCUT2D eigenvalue weighted by Crippen LogP contribution is 2.46. The van der Waals surface area contributed by atoms with Gasteiger partial charge in [0.15, 0.2) is 0 Å². The first-order valence-corrected chi connectivity index (χ1v) is 6.01. The Labute approximate surface area is 90.9 Å². The maximum atomic E-state index is 4.28. The molecule has 1 heterocycles. The Balaban J connectivity index is 1.74. The molecule has 1 aromatic heterocycles. The van der Waals surface area contributed by atoms with E-state index in [1.807, 2.05) is 17.9 Å². The van der Waals surface area contributed by atoms with Gasteiger partial charge in [-0.25, -0.2) is 0 Å². The summed E-state index contributed by atoms with van der Waals surface area (Å²) in [5.74, 6) is 1.88. The van der Waals surface area contributed by atoms with Crippen LogP contribution in [0.2, 0.25) is 0 Å². The van der Waals surface area contributed by atoms with Crippen molar-refractivity contribution in [2.45, 2.75) is 38.6 Å². The van der Waals surface area contributed by atoms with Crippen LogP contribution in [0.1, 0.15) is 31.4 Å². The van der Waals surface area contributed by atoms with Gasteiger partial charge in [0.25, 0.3) is 0 Å². The third-order valence-corrected chi connectivity index (χ3v) is 3.82. The number of aromatic nitrogens is 2. The zero-order valence-corrected chi connectivity index (χ0v) is 9.53. The predicted molar refractivity (Wildman–Crippen MR) is 60.8 cm³/mol. The number of nitrogens with zero attached hydrogens (tertiary/aromatic N) is 2. The van der Waals surface area contributed by atoms with Gasteiger partial charge in [0.2, 0.25) is 0 Å². The number of hydrogen-bond donors (Lipinski definition) is 1. The van der Waals surface area contributed by atoms with Gasteiger partial charge in [-0.2, -0.15) is 5.10 Å². The van der Waals surface area contributed by atoms with Crippen LogP contribution >= 0.6 is 0 Å². The standard InChI is InChI=1S/C12H19N3/c1-8-11(7-13-15(8)2)14-12(9-3-4-9)10-5-6-10/h7,9-10,12,14H,3-6H2,1-2H3. The molecule has 0 unspecified atom stereocenters. The molecule has 0 radical (unpaired) electrons. The van der Waals surface area contributed by atoms with E-state index in [-0.39, 0.29) is 0 Å². The van der Waals surface area contributed by atoms with Crippen LogP contribution in [0.15, 0.2) is 6.20 Å². The van der Waals surface area contributed by atoms with Gasteiger partial charge in [0, 0.05) is 13.1 Å². The molecule has 2 saturated carbocycles. The SMILES string of the molecule is Cc1c(NC(C2CC2)C2CC2)cnn1C. The second-order valence-electron chi connectivity index (χ2n) is 5.11. The van der Waals surface area contributed by atoms with Gasteiger partial charge in [-0.1, -0.05) is 0 Å². The molecule has 0 aliphatic heterocycles. The normalized spacial score (nSPS) is 21.0. The molecule has 3 heteroatoms. The Morgan fingerprint density at radius 1 is 1.33 bits per heavy atom. The molecular formula is C12H19N3. The molecule has 0 spiro atoms. The van der Waals surface area contributed by atoms with E-state index < -0.39 is 0 Å². The van der Waals surface area contributed by atoms with Crippen molar-refractivity contribution in [3.8, 4) is 0 Å². The van der Waals surface area contributed by atoms with Crippen molar-refractivity contribution in [1.82, 2.24) is 9.78 Å². The number of aryl methyl sites for hydroxylation is 1. The molecule has 2 aliphatic carbocycles. The second kappa shape index (κ2) is 3.26. The number of nitrogens with one attached hydrogen (secondary N) is 1. The van der Waals surface area contributed by atoms with E-state index in [4.69, 9.17) is 0 Å². The van der Waals surface area contributed by atoms with Crippen LogP contribution in [0, 0.1) is 18.8 Å². The molecule has 2 fully saturated rings. The molecular weight excluding hydrogens is 186 g/mol. The lowest BCUT2D eigenvalue weighted by molar-refractivity contribution is 0.567. The van der Waals surface area contributed by atoms with Gasteiger partial charge in [0.05, 0.1) is 17.6 Å². The lowest BCUT2D eigenvalue weighted by atomic mass is 10.1. The van der Waals surface area contributed by atoms with Crippen molar-refractivity contribution in [2.75, 3.05) is 5.32 Å². The minimum atomic E-state index is 0.730. The highest BCUT2D eigenvalue weighted by Gasteiger charge is 2.41. The summed E-state index contributed by atoms with van der Waals surface area (Å²) in [4.78, 5) is 0. The number of hydrogen-bond acceptors (Lipinski definition) is 2. The summed E-state index contributed by atoms with van der Waals surface area (Å²) in [6, 6.07) is 0.730. The Hall–Kier alpha value is -0.990. The number of rotatable bonds is 4. The zero-order valence-electron chi connectivity index (χ0n) is 9.53. The van der Waals surface area contributed by atoms with Crippen LogP contribution in [0.4, 0.5) is 5.69 Å². The fourth-order valence-electron chi connectivity index (χ4n) is 2.35. The van der Waals surface area contributed by atoms with E-state index in [0.29, 0.717) is 0 Å². The highest BCUT2D eigenvalue weighted by atomic mass is 15.3. The molecule has 0 saturated heterocycles. The van der Waals surface area contributed by atoms with E-state index in [9.17, 15) is 0 Å². The van der Waals surface area contributed by atoms with Crippen LogP contribution < -0.4 is 5.32 Å². The molecule has 0 bridgehead atoms. The minimum absolute atomic E-state index is 0.730. The maximum Gasteiger partial charge on any atom is 0.0758 e. The summed E-state index contributed by atoms with van der Waals surface area (Å²) >= 11 is 0. The van der Waals surface area contributed by atoms with Crippen LogP contribution in [-0.2, 0) is 7.05 Å². The molecule has 1 N–H and O–H groups in total. The molecule has 0 atom stereocenters. The Bertz CT molecular complexity index is 349. The van der Waals surface area contributed by atoms with Gasteiger partial charge in [-0.05, 0) is 44.4 Å². The van der Waals surface area contributed by atoms with Crippen molar-refractivity contribution < 1.29 is 0 Å². The molecule has 0 aromatic carbocycles. The highest BCUT2D eigenvalue weighted by molar-refractivity contribution is 5.47.